The quantitative estimate of drug-likeness (QED) is 0.805. The molecule has 0 bridgehead atoms. The molecule has 0 radical (unpaired) electrons. The first-order valence-electron chi connectivity index (χ1n) is 9.92. The third-order valence-electron chi connectivity index (χ3n) is 5.72. The van der Waals surface area contributed by atoms with Gasteiger partial charge < -0.3 is 15.0 Å². The molecule has 1 aromatic heterocycles. The number of aromatic nitrogens is 2. The maximum Gasteiger partial charge on any atom is 0.261 e. The Labute approximate surface area is 164 Å². The third-order valence-corrected chi connectivity index (χ3v) is 5.72. The van der Waals surface area contributed by atoms with Gasteiger partial charge in [-0.25, -0.2) is 4.98 Å². The Morgan fingerprint density at radius 3 is 2.79 bits per heavy atom. The molecule has 1 N–H and O–H groups in total. The fourth-order valence-corrected chi connectivity index (χ4v) is 4.09. The van der Waals surface area contributed by atoms with Gasteiger partial charge in [0, 0.05) is 45.5 Å². The highest BCUT2D eigenvalue weighted by molar-refractivity contribution is 5.83. The molecule has 0 saturated carbocycles. The largest absolute Gasteiger partial charge is 0.383 e. The molecule has 0 aliphatic carbocycles. The van der Waals surface area contributed by atoms with E-state index in [1.165, 1.54) is 0 Å². The standard InChI is InChI=1S/C20H27N5O3/c1-28-12-11-25-14-22-17-13-15(4-5-16(17)20(25)27)23-7-9-24(10-8-23)18-3-2-6-21-19(18)26/h4-5,13-14,18H,2-3,6-12H2,1H3,(H,21,26). The van der Waals surface area contributed by atoms with Crippen molar-refractivity contribution < 1.29 is 9.53 Å². The topological polar surface area (TPSA) is 79.7 Å². The summed E-state index contributed by atoms with van der Waals surface area (Å²) in [6, 6.07) is 5.86. The second-order valence-electron chi connectivity index (χ2n) is 7.41. The molecule has 2 aliphatic heterocycles. The molecule has 4 rings (SSSR count). The van der Waals surface area contributed by atoms with Crippen LogP contribution in [0.5, 0.6) is 0 Å². The molecular weight excluding hydrogens is 358 g/mol. The van der Waals surface area contributed by atoms with Crippen LogP contribution in [0.15, 0.2) is 29.3 Å². The summed E-state index contributed by atoms with van der Waals surface area (Å²) in [5.41, 5.74) is 1.74. The van der Waals surface area contributed by atoms with Crippen molar-refractivity contribution in [2.45, 2.75) is 25.4 Å². The summed E-state index contributed by atoms with van der Waals surface area (Å²) in [6.45, 7) is 5.22. The Hall–Kier alpha value is -2.45. The van der Waals surface area contributed by atoms with Gasteiger partial charge in [-0.05, 0) is 31.0 Å². The van der Waals surface area contributed by atoms with Gasteiger partial charge in [-0.1, -0.05) is 0 Å². The Morgan fingerprint density at radius 2 is 2.04 bits per heavy atom. The summed E-state index contributed by atoms with van der Waals surface area (Å²) in [7, 11) is 1.62. The monoisotopic (exact) mass is 385 g/mol. The number of piperidine rings is 1. The molecule has 28 heavy (non-hydrogen) atoms. The predicted molar refractivity (Wildman–Crippen MR) is 108 cm³/mol. The second kappa shape index (κ2) is 8.28. The number of hydrogen-bond donors (Lipinski definition) is 1. The Morgan fingerprint density at radius 1 is 1.21 bits per heavy atom. The van der Waals surface area contributed by atoms with Crippen molar-refractivity contribution in [1.29, 1.82) is 0 Å². The van der Waals surface area contributed by atoms with E-state index in [-0.39, 0.29) is 17.5 Å². The molecule has 3 heterocycles. The van der Waals surface area contributed by atoms with E-state index in [1.54, 1.807) is 18.0 Å². The number of rotatable bonds is 5. The Balaban J connectivity index is 1.46. The number of carbonyl (C=O) groups excluding carboxylic acids is 1. The van der Waals surface area contributed by atoms with Crippen molar-refractivity contribution in [2.24, 2.45) is 0 Å². The lowest BCUT2D eigenvalue weighted by molar-refractivity contribution is -0.128. The molecule has 1 atom stereocenters. The van der Waals surface area contributed by atoms with Crippen LogP contribution in [0, 0.1) is 0 Å². The number of methoxy groups -OCH3 is 1. The lowest BCUT2D eigenvalue weighted by atomic mass is 10.0. The average molecular weight is 385 g/mol. The van der Waals surface area contributed by atoms with E-state index >= 15 is 0 Å². The summed E-state index contributed by atoms with van der Waals surface area (Å²) < 4.78 is 6.63. The number of hydrogen-bond acceptors (Lipinski definition) is 6. The van der Waals surface area contributed by atoms with Crippen molar-refractivity contribution in [3.63, 3.8) is 0 Å². The van der Waals surface area contributed by atoms with Gasteiger partial charge >= 0.3 is 0 Å². The van der Waals surface area contributed by atoms with Crippen molar-refractivity contribution >= 4 is 22.5 Å². The van der Waals surface area contributed by atoms with E-state index in [9.17, 15) is 9.59 Å². The highest BCUT2D eigenvalue weighted by Crippen LogP contribution is 2.22. The number of amides is 1. The highest BCUT2D eigenvalue weighted by atomic mass is 16.5. The summed E-state index contributed by atoms with van der Waals surface area (Å²) in [5, 5.41) is 3.60. The number of nitrogens with zero attached hydrogens (tertiary/aromatic N) is 4. The first kappa shape index (κ1) is 18.9. The van der Waals surface area contributed by atoms with Crippen LogP contribution in [0.1, 0.15) is 12.8 Å². The van der Waals surface area contributed by atoms with Gasteiger partial charge in [0.2, 0.25) is 5.91 Å². The van der Waals surface area contributed by atoms with Crippen LogP contribution in [0.3, 0.4) is 0 Å². The summed E-state index contributed by atoms with van der Waals surface area (Å²) in [4.78, 5) is 33.7. The zero-order valence-electron chi connectivity index (χ0n) is 16.3. The highest BCUT2D eigenvalue weighted by Gasteiger charge is 2.30. The molecule has 8 nitrogen and oxygen atoms in total. The van der Waals surface area contributed by atoms with Crippen molar-refractivity contribution in [3.05, 3.63) is 34.9 Å². The number of piperazine rings is 1. The van der Waals surface area contributed by atoms with Gasteiger partial charge in [0.05, 0.1) is 36.4 Å². The minimum absolute atomic E-state index is 0.0136. The number of ether oxygens (including phenoxy) is 1. The Bertz CT molecular complexity index is 904. The minimum Gasteiger partial charge on any atom is -0.383 e. The van der Waals surface area contributed by atoms with Crippen LogP contribution in [0.4, 0.5) is 5.69 Å². The second-order valence-corrected chi connectivity index (χ2v) is 7.41. The number of anilines is 1. The molecule has 150 valence electrons. The average Bonchev–Trinajstić information content (AvgIpc) is 2.74. The summed E-state index contributed by atoms with van der Waals surface area (Å²) >= 11 is 0. The van der Waals surface area contributed by atoms with E-state index in [1.807, 2.05) is 18.2 Å². The Kier molecular flexibility index (Phi) is 5.59. The third kappa shape index (κ3) is 3.74. The van der Waals surface area contributed by atoms with E-state index in [4.69, 9.17) is 4.74 Å². The smallest absolute Gasteiger partial charge is 0.261 e. The van der Waals surface area contributed by atoms with E-state index < -0.39 is 0 Å². The van der Waals surface area contributed by atoms with Crippen LogP contribution >= 0.6 is 0 Å². The zero-order chi connectivity index (χ0) is 19.5. The van der Waals surface area contributed by atoms with Gasteiger partial charge in [-0.15, -0.1) is 0 Å². The first-order valence-corrected chi connectivity index (χ1v) is 9.92. The van der Waals surface area contributed by atoms with Crippen LogP contribution in [-0.4, -0.2) is 72.8 Å². The fourth-order valence-electron chi connectivity index (χ4n) is 4.09. The van der Waals surface area contributed by atoms with Gasteiger partial charge in [0.25, 0.3) is 5.56 Å². The van der Waals surface area contributed by atoms with E-state index in [0.29, 0.717) is 24.1 Å². The first-order chi connectivity index (χ1) is 13.7. The van der Waals surface area contributed by atoms with Crippen LogP contribution in [0.25, 0.3) is 10.9 Å². The van der Waals surface area contributed by atoms with Gasteiger partial charge in [0.15, 0.2) is 0 Å². The molecule has 2 saturated heterocycles. The number of carbonyl (C=O) groups is 1. The van der Waals surface area contributed by atoms with Crippen LogP contribution < -0.4 is 15.8 Å². The van der Waals surface area contributed by atoms with Gasteiger partial charge in [-0.2, -0.15) is 0 Å². The molecular formula is C20H27N5O3. The molecule has 0 spiro atoms. The number of benzene rings is 1. The molecule has 1 unspecified atom stereocenters. The number of nitrogens with one attached hydrogen (secondary N) is 1. The lowest BCUT2D eigenvalue weighted by Gasteiger charge is -2.40. The predicted octanol–water partition coefficient (Wildman–Crippen LogP) is 0.444. The maximum absolute atomic E-state index is 12.6. The lowest BCUT2D eigenvalue weighted by Crippen LogP contribution is -2.56. The van der Waals surface area contributed by atoms with Gasteiger partial charge in [-0.3, -0.25) is 19.1 Å². The minimum atomic E-state index is -0.0401. The normalized spacial score (nSPS) is 21.1. The molecule has 8 heteroatoms. The van der Waals surface area contributed by atoms with Crippen LogP contribution in [-0.2, 0) is 16.1 Å². The van der Waals surface area contributed by atoms with Crippen LogP contribution in [0.2, 0.25) is 0 Å². The molecule has 2 aliphatic rings. The van der Waals surface area contributed by atoms with E-state index in [0.717, 1.165) is 51.3 Å². The molecule has 2 aromatic rings. The fraction of sp³-hybridized carbons (Fsp3) is 0.550. The molecule has 1 aromatic carbocycles. The number of fused-ring (bicyclic) bond motifs is 1. The van der Waals surface area contributed by atoms with E-state index in [2.05, 4.69) is 20.1 Å². The van der Waals surface area contributed by atoms with Crippen molar-refractivity contribution in [3.8, 4) is 0 Å². The molecule has 2 fully saturated rings. The summed E-state index contributed by atoms with van der Waals surface area (Å²) in [6.07, 6.45) is 3.59. The zero-order valence-corrected chi connectivity index (χ0v) is 16.3. The molecule has 1 amide bonds. The summed E-state index contributed by atoms with van der Waals surface area (Å²) in [5.74, 6) is 0.166. The van der Waals surface area contributed by atoms with Gasteiger partial charge in [0.1, 0.15) is 0 Å². The van der Waals surface area contributed by atoms with Crippen molar-refractivity contribution in [1.82, 2.24) is 19.8 Å². The SMILES string of the molecule is COCCn1cnc2cc(N3CCN(C4CCCNC4=O)CC3)ccc2c1=O. The van der Waals surface area contributed by atoms with Crippen molar-refractivity contribution in [2.75, 3.05) is 51.3 Å². The maximum atomic E-state index is 12.6.